The summed E-state index contributed by atoms with van der Waals surface area (Å²) in [6.07, 6.45) is 5.42. The Morgan fingerprint density at radius 2 is 1.82 bits per heavy atom. The van der Waals surface area contributed by atoms with Crippen molar-refractivity contribution < 1.29 is 9.21 Å². The molecule has 0 aliphatic carbocycles. The van der Waals surface area contributed by atoms with Crippen LogP contribution in [0.4, 0.5) is 16.2 Å². The monoisotopic (exact) mass is 377 g/mol. The van der Waals surface area contributed by atoms with Crippen LogP contribution in [0.1, 0.15) is 37.7 Å². The largest absolute Gasteiger partial charge is 0.464 e. The summed E-state index contributed by atoms with van der Waals surface area (Å²) in [7, 11) is 0. The molecule has 5 heteroatoms. The van der Waals surface area contributed by atoms with Gasteiger partial charge in [0.1, 0.15) is 5.58 Å². The van der Waals surface area contributed by atoms with Gasteiger partial charge in [-0.1, -0.05) is 25.1 Å². The standard InChI is InChI=1S/C23H27N3O2/c1-2-12-26-13-10-17(11-14-26)21-16-28-22-9-8-19(15-20(21)22)25-23(27)24-18-6-4-3-5-7-18/h3-9,15-17H,2,10-14H2,1H3,(H2,24,25,27). The predicted molar refractivity (Wildman–Crippen MR) is 114 cm³/mol. The fraction of sp³-hybridized carbons (Fsp3) is 0.348. The van der Waals surface area contributed by atoms with Gasteiger partial charge in [-0.05, 0) is 75.1 Å². The second kappa shape index (κ2) is 8.48. The van der Waals surface area contributed by atoms with Gasteiger partial charge < -0.3 is 20.0 Å². The number of carbonyl (C=O) groups is 1. The zero-order valence-electron chi connectivity index (χ0n) is 16.3. The summed E-state index contributed by atoms with van der Waals surface area (Å²) in [6.45, 7) is 5.70. The van der Waals surface area contributed by atoms with Crippen molar-refractivity contribution in [2.75, 3.05) is 30.3 Å². The molecule has 2 heterocycles. The number of rotatable bonds is 5. The molecule has 0 radical (unpaired) electrons. The number of benzene rings is 2. The maximum absolute atomic E-state index is 12.3. The average Bonchev–Trinajstić information content (AvgIpc) is 3.13. The van der Waals surface area contributed by atoms with Gasteiger partial charge in [0.05, 0.1) is 6.26 Å². The van der Waals surface area contributed by atoms with E-state index in [0.717, 1.165) is 48.3 Å². The maximum atomic E-state index is 12.3. The molecule has 2 N–H and O–H groups in total. The molecule has 28 heavy (non-hydrogen) atoms. The number of para-hydroxylation sites is 1. The highest BCUT2D eigenvalue weighted by Crippen LogP contribution is 2.35. The number of nitrogens with zero attached hydrogens (tertiary/aromatic N) is 1. The SMILES string of the molecule is CCCN1CCC(c2coc3ccc(NC(=O)Nc4ccccc4)cc23)CC1. The van der Waals surface area contributed by atoms with Crippen molar-refractivity contribution in [3.05, 3.63) is 60.4 Å². The molecule has 0 bridgehead atoms. The Labute approximate surface area is 165 Å². The molecule has 5 nitrogen and oxygen atoms in total. The Bertz CT molecular complexity index is 927. The van der Waals surface area contributed by atoms with E-state index < -0.39 is 0 Å². The average molecular weight is 377 g/mol. The van der Waals surface area contributed by atoms with Crippen LogP contribution in [0.15, 0.2) is 59.2 Å². The molecule has 0 atom stereocenters. The number of hydrogen-bond donors (Lipinski definition) is 2. The van der Waals surface area contributed by atoms with Crippen LogP contribution in [0.3, 0.4) is 0 Å². The molecule has 146 valence electrons. The highest BCUT2D eigenvalue weighted by atomic mass is 16.3. The van der Waals surface area contributed by atoms with Gasteiger partial charge in [-0.2, -0.15) is 0 Å². The highest BCUT2D eigenvalue weighted by molar-refractivity contribution is 6.01. The first-order valence-corrected chi connectivity index (χ1v) is 10.1. The topological polar surface area (TPSA) is 57.5 Å². The number of urea groups is 1. The van der Waals surface area contributed by atoms with Crippen LogP contribution in [-0.4, -0.2) is 30.6 Å². The summed E-state index contributed by atoms with van der Waals surface area (Å²) in [5, 5.41) is 6.88. The number of anilines is 2. The first-order chi connectivity index (χ1) is 13.7. The molecule has 1 saturated heterocycles. The predicted octanol–water partition coefficient (Wildman–Crippen LogP) is 5.67. The zero-order valence-corrected chi connectivity index (χ0v) is 16.3. The first-order valence-electron chi connectivity index (χ1n) is 10.1. The number of amides is 2. The molecule has 2 aromatic carbocycles. The molecule has 4 rings (SSSR count). The summed E-state index contributed by atoms with van der Waals surface area (Å²) < 4.78 is 5.79. The fourth-order valence-electron chi connectivity index (χ4n) is 4.04. The normalized spacial score (nSPS) is 15.6. The first kappa shape index (κ1) is 18.6. The second-order valence-electron chi connectivity index (χ2n) is 7.46. The number of fused-ring (bicyclic) bond motifs is 1. The lowest BCUT2D eigenvalue weighted by molar-refractivity contribution is 0.213. The summed E-state index contributed by atoms with van der Waals surface area (Å²) >= 11 is 0. The third-order valence-corrected chi connectivity index (χ3v) is 5.46. The van der Waals surface area contributed by atoms with Gasteiger partial charge in [-0.25, -0.2) is 4.79 Å². The van der Waals surface area contributed by atoms with Gasteiger partial charge in [0, 0.05) is 22.3 Å². The Morgan fingerprint density at radius 1 is 1.07 bits per heavy atom. The van der Waals surface area contributed by atoms with E-state index in [1.165, 1.54) is 18.5 Å². The van der Waals surface area contributed by atoms with E-state index in [4.69, 9.17) is 4.42 Å². The minimum absolute atomic E-state index is 0.247. The summed E-state index contributed by atoms with van der Waals surface area (Å²) in [4.78, 5) is 14.8. The van der Waals surface area contributed by atoms with Crippen LogP contribution in [-0.2, 0) is 0 Å². The Kier molecular flexibility index (Phi) is 5.63. The van der Waals surface area contributed by atoms with E-state index in [-0.39, 0.29) is 6.03 Å². The molecule has 1 aromatic heterocycles. The van der Waals surface area contributed by atoms with Crippen molar-refractivity contribution in [2.45, 2.75) is 32.1 Å². The van der Waals surface area contributed by atoms with Gasteiger partial charge in [0.25, 0.3) is 0 Å². The van der Waals surface area contributed by atoms with Crippen molar-refractivity contribution in [3.8, 4) is 0 Å². The molecular weight excluding hydrogens is 350 g/mol. The summed E-state index contributed by atoms with van der Waals surface area (Å²) in [6, 6.07) is 15.0. The fourth-order valence-corrected chi connectivity index (χ4v) is 4.04. The van der Waals surface area contributed by atoms with Crippen LogP contribution in [0.25, 0.3) is 11.0 Å². The number of piperidine rings is 1. The minimum atomic E-state index is -0.247. The van der Waals surface area contributed by atoms with Crippen molar-refractivity contribution in [1.29, 1.82) is 0 Å². The number of furan rings is 1. The van der Waals surface area contributed by atoms with Crippen LogP contribution in [0.5, 0.6) is 0 Å². The van der Waals surface area contributed by atoms with E-state index in [9.17, 15) is 4.79 Å². The molecule has 1 aliphatic heterocycles. The lowest BCUT2D eigenvalue weighted by atomic mass is 9.89. The molecule has 2 amide bonds. The molecular formula is C23H27N3O2. The van der Waals surface area contributed by atoms with Crippen LogP contribution < -0.4 is 10.6 Å². The summed E-state index contributed by atoms with van der Waals surface area (Å²) in [5.74, 6) is 0.516. The van der Waals surface area contributed by atoms with Crippen molar-refractivity contribution in [3.63, 3.8) is 0 Å². The van der Waals surface area contributed by atoms with Gasteiger partial charge in [-0.15, -0.1) is 0 Å². The van der Waals surface area contributed by atoms with Gasteiger partial charge >= 0.3 is 6.03 Å². The second-order valence-corrected chi connectivity index (χ2v) is 7.46. The molecule has 1 aliphatic rings. The smallest absolute Gasteiger partial charge is 0.323 e. The van der Waals surface area contributed by atoms with Crippen molar-refractivity contribution in [2.24, 2.45) is 0 Å². The molecule has 0 saturated carbocycles. The third-order valence-electron chi connectivity index (χ3n) is 5.46. The highest BCUT2D eigenvalue weighted by Gasteiger charge is 2.23. The molecule has 0 unspecified atom stereocenters. The summed E-state index contributed by atoms with van der Waals surface area (Å²) in [5.41, 5.74) is 3.68. The van der Waals surface area contributed by atoms with Gasteiger partial charge in [0.15, 0.2) is 0 Å². The minimum Gasteiger partial charge on any atom is -0.464 e. The van der Waals surface area contributed by atoms with E-state index >= 15 is 0 Å². The van der Waals surface area contributed by atoms with Crippen molar-refractivity contribution >= 4 is 28.4 Å². The Morgan fingerprint density at radius 3 is 2.57 bits per heavy atom. The van der Waals surface area contributed by atoms with E-state index in [1.807, 2.05) is 54.8 Å². The van der Waals surface area contributed by atoms with Gasteiger partial charge in [0.2, 0.25) is 0 Å². The number of nitrogens with one attached hydrogen (secondary N) is 2. The Hall–Kier alpha value is -2.79. The third kappa shape index (κ3) is 4.20. The zero-order chi connectivity index (χ0) is 19.3. The van der Waals surface area contributed by atoms with E-state index in [0.29, 0.717) is 5.92 Å². The molecule has 3 aromatic rings. The van der Waals surface area contributed by atoms with Crippen molar-refractivity contribution in [1.82, 2.24) is 4.90 Å². The number of carbonyl (C=O) groups excluding carboxylic acids is 1. The van der Waals surface area contributed by atoms with Crippen LogP contribution >= 0.6 is 0 Å². The Balaban J connectivity index is 1.46. The van der Waals surface area contributed by atoms with E-state index in [2.05, 4.69) is 22.5 Å². The van der Waals surface area contributed by atoms with Crippen LogP contribution in [0.2, 0.25) is 0 Å². The van der Waals surface area contributed by atoms with Crippen LogP contribution in [0, 0.1) is 0 Å². The van der Waals surface area contributed by atoms with Gasteiger partial charge in [-0.3, -0.25) is 0 Å². The van der Waals surface area contributed by atoms with E-state index in [1.54, 1.807) is 0 Å². The quantitative estimate of drug-likeness (QED) is 0.603. The molecule has 0 spiro atoms. The maximum Gasteiger partial charge on any atom is 0.323 e. The lowest BCUT2D eigenvalue weighted by Gasteiger charge is -2.31. The molecule has 1 fully saturated rings. The lowest BCUT2D eigenvalue weighted by Crippen LogP contribution is -2.33. The number of hydrogen-bond acceptors (Lipinski definition) is 3. The number of likely N-dealkylation sites (tertiary alicyclic amines) is 1.